The van der Waals surface area contributed by atoms with E-state index in [-0.39, 0.29) is 22.3 Å². The molecule has 1 aromatic carbocycles. The van der Waals surface area contributed by atoms with E-state index in [1.54, 1.807) is 24.3 Å². The molecule has 2 aliphatic heterocycles. The first kappa shape index (κ1) is 17.8. The maximum absolute atomic E-state index is 11.1. The molecule has 0 amide bonds. The highest BCUT2D eigenvalue weighted by molar-refractivity contribution is 5.54. The zero-order valence-corrected chi connectivity index (χ0v) is 15.9. The molecule has 3 atom stereocenters. The number of hydrogen-bond acceptors (Lipinski definition) is 7. The smallest absolute Gasteiger partial charge is 0.269 e. The summed E-state index contributed by atoms with van der Waals surface area (Å²) in [4.78, 5) is 13.2. The van der Waals surface area contributed by atoms with E-state index in [2.05, 4.69) is 26.3 Å². The van der Waals surface area contributed by atoms with Crippen LogP contribution in [0.25, 0.3) is 0 Å². The van der Waals surface area contributed by atoms with Gasteiger partial charge in [-0.25, -0.2) is 5.01 Å². The summed E-state index contributed by atoms with van der Waals surface area (Å²) in [5.41, 5.74) is 2.18. The van der Waals surface area contributed by atoms with Crippen LogP contribution >= 0.6 is 0 Å². The average molecular weight is 383 g/mol. The fourth-order valence-corrected chi connectivity index (χ4v) is 5.53. The van der Waals surface area contributed by atoms with Gasteiger partial charge in [-0.15, -0.1) is 0 Å². The molecule has 5 rings (SSSR count). The van der Waals surface area contributed by atoms with Gasteiger partial charge >= 0.3 is 0 Å². The van der Waals surface area contributed by atoms with Gasteiger partial charge in [0.15, 0.2) is 0 Å². The average Bonchev–Trinajstić information content (AvgIpc) is 3.44. The van der Waals surface area contributed by atoms with E-state index in [1.165, 1.54) is 12.0 Å². The zero-order chi connectivity index (χ0) is 19.1. The van der Waals surface area contributed by atoms with Crippen LogP contribution in [0.4, 0.5) is 11.4 Å². The van der Waals surface area contributed by atoms with Crippen molar-refractivity contribution in [3.63, 3.8) is 0 Å². The van der Waals surface area contributed by atoms with Gasteiger partial charge in [0, 0.05) is 31.1 Å². The summed E-state index contributed by atoms with van der Waals surface area (Å²) < 4.78 is 5.64. The van der Waals surface area contributed by atoms with Crippen LogP contribution in [0.5, 0.6) is 0 Å². The van der Waals surface area contributed by atoms with Crippen molar-refractivity contribution in [2.24, 2.45) is 16.3 Å². The molecule has 28 heavy (non-hydrogen) atoms. The summed E-state index contributed by atoms with van der Waals surface area (Å²) in [6, 6.07) is 6.85. The van der Waals surface area contributed by atoms with Gasteiger partial charge in [0.25, 0.3) is 5.69 Å². The van der Waals surface area contributed by atoms with Crippen molar-refractivity contribution in [2.45, 2.75) is 43.8 Å². The minimum absolute atomic E-state index is 0.0957. The van der Waals surface area contributed by atoms with E-state index in [1.807, 2.05) is 0 Å². The molecule has 2 fully saturated rings. The summed E-state index contributed by atoms with van der Waals surface area (Å²) in [6.45, 7) is 3.15. The first-order chi connectivity index (χ1) is 13.7. The predicted octanol–water partition coefficient (Wildman–Crippen LogP) is 3.70. The van der Waals surface area contributed by atoms with Crippen molar-refractivity contribution < 1.29 is 9.66 Å². The number of anilines is 1. The van der Waals surface area contributed by atoms with Crippen LogP contribution in [0.3, 0.4) is 0 Å². The molecule has 2 heterocycles. The summed E-state index contributed by atoms with van der Waals surface area (Å²) in [6.07, 6.45) is 8.07. The van der Waals surface area contributed by atoms with E-state index in [0.29, 0.717) is 19.1 Å². The Kier molecular flexibility index (Phi) is 4.40. The lowest BCUT2D eigenvalue weighted by Gasteiger charge is -2.50. The van der Waals surface area contributed by atoms with E-state index < -0.39 is 0 Å². The molecule has 148 valence electrons. The molecule has 0 aromatic heterocycles. The topological polar surface area (TPSA) is 83.6 Å². The Labute approximate surface area is 164 Å². The number of ether oxygens (including phenoxy) is 1. The van der Waals surface area contributed by atoms with Gasteiger partial charge in [0.2, 0.25) is 0 Å². The molecule has 1 saturated heterocycles. The molecular formula is C20H25N5O3. The van der Waals surface area contributed by atoms with Gasteiger partial charge in [-0.05, 0) is 44.2 Å². The highest BCUT2D eigenvalue weighted by Crippen LogP contribution is 2.54. The normalized spacial score (nSPS) is 32.6. The van der Waals surface area contributed by atoms with Crippen molar-refractivity contribution >= 4 is 11.4 Å². The molecule has 8 heteroatoms. The number of nitrogens with zero attached hydrogens (tertiary/aromatic N) is 5. The van der Waals surface area contributed by atoms with Gasteiger partial charge in [-0.1, -0.05) is 16.9 Å². The van der Waals surface area contributed by atoms with Crippen LogP contribution in [0.15, 0.2) is 46.3 Å². The van der Waals surface area contributed by atoms with Crippen molar-refractivity contribution in [2.75, 3.05) is 31.3 Å². The second kappa shape index (κ2) is 6.93. The summed E-state index contributed by atoms with van der Waals surface area (Å²) in [5.74, 6) is 0.378. The van der Waals surface area contributed by atoms with E-state index in [9.17, 15) is 10.1 Å². The maximum Gasteiger partial charge on any atom is 0.269 e. The fourth-order valence-electron chi connectivity index (χ4n) is 5.53. The quantitative estimate of drug-likeness (QED) is 0.450. The van der Waals surface area contributed by atoms with E-state index in [4.69, 9.17) is 4.74 Å². The monoisotopic (exact) mass is 383 g/mol. The highest BCUT2D eigenvalue weighted by Gasteiger charge is 2.62. The molecule has 8 nitrogen and oxygen atoms in total. The number of non-ortho nitro benzene ring substituents is 1. The maximum atomic E-state index is 11.1. The largest absolute Gasteiger partial charge is 0.379 e. The number of allylic oxidation sites excluding steroid dienone is 1. The Morgan fingerprint density at radius 1 is 1.18 bits per heavy atom. The van der Waals surface area contributed by atoms with Gasteiger partial charge in [-0.3, -0.25) is 15.0 Å². The van der Waals surface area contributed by atoms with Crippen molar-refractivity contribution in [1.82, 2.24) is 4.90 Å². The minimum atomic E-state index is -0.364. The Bertz CT molecular complexity index is 818. The molecular weight excluding hydrogens is 358 g/mol. The lowest BCUT2D eigenvalue weighted by molar-refractivity contribution is -0.384. The summed E-state index contributed by atoms with van der Waals surface area (Å²) in [5, 5.41) is 22.4. The zero-order valence-electron chi connectivity index (χ0n) is 15.9. The number of rotatable bonds is 4. The van der Waals surface area contributed by atoms with Crippen LogP contribution in [-0.2, 0) is 4.74 Å². The van der Waals surface area contributed by atoms with Crippen LogP contribution < -0.4 is 5.01 Å². The van der Waals surface area contributed by atoms with Crippen molar-refractivity contribution in [1.29, 1.82) is 0 Å². The highest BCUT2D eigenvalue weighted by atomic mass is 16.6. The van der Waals surface area contributed by atoms with Crippen LogP contribution in [-0.4, -0.2) is 47.8 Å². The second-order valence-corrected chi connectivity index (χ2v) is 7.99. The number of hydrogen-bond donors (Lipinski definition) is 0. The van der Waals surface area contributed by atoms with Crippen LogP contribution in [0.2, 0.25) is 0 Å². The lowest BCUT2D eigenvalue weighted by atomic mass is 9.84. The van der Waals surface area contributed by atoms with Crippen LogP contribution in [0, 0.1) is 16.0 Å². The lowest BCUT2D eigenvalue weighted by Crippen LogP contribution is -2.66. The number of morpholine rings is 1. The third-order valence-electron chi connectivity index (χ3n) is 6.70. The van der Waals surface area contributed by atoms with Gasteiger partial charge in [0.1, 0.15) is 11.7 Å². The predicted molar refractivity (Wildman–Crippen MR) is 104 cm³/mol. The van der Waals surface area contributed by atoms with E-state index in [0.717, 1.165) is 44.5 Å². The Balaban J connectivity index is 1.58. The number of fused-ring (bicyclic) bond motifs is 1. The first-order valence-corrected chi connectivity index (χ1v) is 10.2. The second-order valence-electron chi connectivity index (χ2n) is 7.99. The standard InChI is InChI=1S/C20H25N5O3/c26-25(27)17-7-5-16(6-8-17)24-20(23-11-13-28-14-12-23)18(15-3-1-2-4-15)9-10-19(20)21-22-24/h3,5-8,18-19H,1-2,4,9-14H2/t18-,19-,20+/m0/s1. The summed E-state index contributed by atoms with van der Waals surface area (Å²) >= 11 is 0. The number of nitro groups is 1. The minimum Gasteiger partial charge on any atom is -0.379 e. The third-order valence-corrected chi connectivity index (χ3v) is 6.70. The molecule has 0 unspecified atom stereocenters. The van der Waals surface area contributed by atoms with Crippen molar-refractivity contribution in [3.8, 4) is 0 Å². The SMILES string of the molecule is O=[N+]([O-])c1ccc(N2N=N[C@H]3CC[C@@H](C4=CCCC4)[C@]32N2CCOCC2)cc1. The van der Waals surface area contributed by atoms with Gasteiger partial charge in [0.05, 0.1) is 23.8 Å². The Morgan fingerprint density at radius 3 is 2.64 bits per heavy atom. The van der Waals surface area contributed by atoms with Crippen molar-refractivity contribution in [3.05, 3.63) is 46.0 Å². The fraction of sp³-hybridized carbons (Fsp3) is 0.600. The molecule has 2 aliphatic carbocycles. The van der Waals surface area contributed by atoms with E-state index >= 15 is 0 Å². The molecule has 0 bridgehead atoms. The number of benzene rings is 1. The molecule has 4 aliphatic rings. The van der Waals surface area contributed by atoms with Crippen LogP contribution in [0.1, 0.15) is 32.1 Å². The Hall–Kier alpha value is -2.32. The van der Waals surface area contributed by atoms with Gasteiger partial charge in [-0.2, -0.15) is 5.11 Å². The van der Waals surface area contributed by atoms with Gasteiger partial charge < -0.3 is 4.74 Å². The summed E-state index contributed by atoms with van der Waals surface area (Å²) in [7, 11) is 0. The molecule has 0 spiro atoms. The molecule has 0 radical (unpaired) electrons. The third kappa shape index (κ3) is 2.58. The number of nitro benzene ring substituents is 1. The molecule has 0 N–H and O–H groups in total. The first-order valence-electron chi connectivity index (χ1n) is 10.2. The molecule has 1 aromatic rings. The molecule has 1 saturated carbocycles. The Morgan fingerprint density at radius 2 is 1.96 bits per heavy atom.